The van der Waals surface area contributed by atoms with Crippen molar-refractivity contribution in [3.05, 3.63) is 49.2 Å². The van der Waals surface area contributed by atoms with Crippen molar-refractivity contribution in [2.24, 2.45) is 0 Å². The molecule has 0 saturated carbocycles. The molecular weight excluding hydrogens is 288 g/mol. The van der Waals surface area contributed by atoms with Crippen LogP contribution < -0.4 is 0 Å². The van der Waals surface area contributed by atoms with Gasteiger partial charge in [0.25, 0.3) is 0 Å². The number of esters is 1. The van der Waals surface area contributed by atoms with Gasteiger partial charge in [-0.2, -0.15) is 12.8 Å². The molecule has 0 saturated heterocycles. The SMILES string of the molecule is CC[CH-]Cc1ccccc1.[CH2-]CC(CC)OC(C)=O.[Cr+2]. The standard InChI is InChI=1S/C10H13.C7H13O2.Cr/c1-2-3-7-10-8-5-4-6-9-10;1-4-7(5-2)9-6(3)8;/h3-6,8-9H,2,7H2,1H3;7H,1,4-5H2,2-3H3;/q2*-1;+2. The summed E-state index contributed by atoms with van der Waals surface area (Å²) in [5, 5.41) is 0. The van der Waals surface area contributed by atoms with Gasteiger partial charge >= 0.3 is 23.3 Å². The molecule has 20 heavy (non-hydrogen) atoms. The minimum absolute atomic E-state index is 0. The zero-order valence-corrected chi connectivity index (χ0v) is 14.1. The number of carbonyl (C=O) groups is 1. The molecular formula is C17H26CrO2. The van der Waals surface area contributed by atoms with Gasteiger partial charge in [-0.25, -0.2) is 0 Å². The van der Waals surface area contributed by atoms with Crippen molar-refractivity contribution in [1.82, 2.24) is 0 Å². The molecule has 0 fully saturated rings. The second kappa shape index (κ2) is 14.6. The predicted molar refractivity (Wildman–Crippen MR) is 80.6 cm³/mol. The molecule has 0 aliphatic heterocycles. The van der Waals surface area contributed by atoms with Crippen LogP contribution in [0.5, 0.6) is 0 Å². The molecule has 0 amide bonds. The van der Waals surface area contributed by atoms with Gasteiger partial charge < -0.3 is 18.1 Å². The zero-order chi connectivity index (χ0) is 14.5. The number of hydrogen-bond acceptors (Lipinski definition) is 2. The van der Waals surface area contributed by atoms with Crippen LogP contribution in [0.1, 0.15) is 45.6 Å². The molecule has 0 aliphatic rings. The molecule has 1 aromatic carbocycles. The maximum atomic E-state index is 10.3. The van der Waals surface area contributed by atoms with Gasteiger partial charge in [-0.3, -0.25) is 4.79 Å². The molecule has 0 heterocycles. The van der Waals surface area contributed by atoms with Gasteiger partial charge in [0.2, 0.25) is 0 Å². The molecule has 1 aromatic rings. The molecule has 1 unspecified atom stereocenters. The van der Waals surface area contributed by atoms with Crippen LogP contribution in [0.25, 0.3) is 0 Å². The van der Waals surface area contributed by atoms with Crippen molar-refractivity contribution in [3.8, 4) is 0 Å². The van der Waals surface area contributed by atoms with Crippen LogP contribution in [0.3, 0.4) is 0 Å². The minimum Gasteiger partial charge on any atom is -0.465 e. The van der Waals surface area contributed by atoms with E-state index in [4.69, 9.17) is 4.74 Å². The number of benzene rings is 1. The maximum absolute atomic E-state index is 10.3. The molecule has 112 valence electrons. The summed E-state index contributed by atoms with van der Waals surface area (Å²) in [4.78, 5) is 10.3. The van der Waals surface area contributed by atoms with Crippen LogP contribution >= 0.6 is 0 Å². The molecule has 1 atom stereocenters. The summed E-state index contributed by atoms with van der Waals surface area (Å²) in [6.07, 6.45) is 6.09. The van der Waals surface area contributed by atoms with Gasteiger partial charge in [0.15, 0.2) is 0 Å². The fourth-order valence-corrected chi connectivity index (χ4v) is 1.51. The normalized spacial score (nSPS) is 10.6. The molecule has 1 rings (SSSR count). The van der Waals surface area contributed by atoms with Gasteiger partial charge in [-0.05, 0) is 6.42 Å². The average molecular weight is 314 g/mol. The summed E-state index contributed by atoms with van der Waals surface area (Å²) < 4.78 is 4.85. The van der Waals surface area contributed by atoms with Crippen molar-refractivity contribution in [3.63, 3.8) is 0 Å². The van der Waals surface area contributed by atoms with E-state index in [9.17, 15) is 4.79 Å². The van der Waals surface area contributed by atoms with Crippen LogP contribution in [-0.2, 0) is 33.3 Å². The number of unbranched alkanes of at least 4 members (excludes halogenated alkanes) is 1. The van der Waals surface area contributed by atoms with Gasteiger partial charge in [-0.1, -0.05) is 49.7 Å². The molecule has 0 N–H and O–H groups in total. The third kappa shape index (κ3) is 12.3. The fourth-order valence-electron chi connectivity index (χ4n) is 1.51. The summed E-state index contributed by atoms with van der Waals surface area (Å²) in [7, 11) is 0. The first-order valence-electron chi connectivity index (χ1n) is 6.96. The fraction of sp³-hybridized carbons (Fsp3) is 0.471. The first-order valence-corrected chi connectivity index (χ1v) is 6.96. The second-order valence-corrected chi connectivity index (χ2v) is 4.32. The van der Waals surface area contributed by atoms with Gasteiger partial charge in [-0.15, -0.1) is 6.42 Å². The molecule has 3 heteroatoms. The summed E-state index contributed by atoms with van der Waals surface area (Å²) in [6.45, 7) is 9.19. The Labute approximate surface area is 135 Å². The van der Waals surface area contributed by atoms with Crippen LogP contribution in [0, 0.1) is 13.3 Å². The minimum atomic E-state index is -0.217. The Morgan fingerprint density at radius 2 is 1.90 bits per heavy atom. The Hall–Kier alpha value is -0.778. The number of hydrogen-bond donors (Lipinski definition) is 0. The van der Waals surface area contributed by atoms with Crippen molar-refractivity contribution < 1.29 is 26.9 Å². The third-order valence-corrected chi connectivity index (χ3v) is 2.62. The topological polar surface area (TPSA) is 26.3 Å². The van der Waals surface area contributed by atoms with Crippen molar-refractivity contribution in [2.45, 2.75) is 52.6 Å². The van der Waals surface area contributed by atoms with Crippen LogP contribution in [-0.4, -0.2) is 12.1 Å². The monoisotopic (exact) mass is 314 g/mol. The molecule has 0 radical (unpaired) electrons. The maximum Gasteiger partial charge on any atom is 2.00 e. The quantitative estimate of drug-likeness (QED) is 0.575. The first kappa shape index (κ1) is 21.5. The summed E-state index contributed by atoms with van der Waals surface area (Å²) in [5.41, 5.74) is 1.41. The van der Waals surface area contributed by atoms with Gasteiger partial charge in [0.1, 0.15) is 0 Å². The van der Waals surface area contributed by atoms with Crippen molar-refractivity contribution in [1.29, 1.82) is 0 Å². The third-order valence-electron chi connectivity index (χ3n) is 2.62. The number of carbonyl (C=O) groups excluding carboxylic acids is 1. The van der Waals surface area contributed by atoms with Crippen molar-refractivity contribution >= 4 is 5.97 Å². The van der Waals surface area contributed by atoms with E-state index in [-0.39, 0.29) is 29.4 Å². The summed E-state index contributed by atoms with van der Waals surface area (Å²) >= 11 is 0. The summed E-state index contributed by atoms with van der Waals surface area (Å²) in [5.74, 6) is -0.217. The van der Waals surface area contributed by atoms with E-state index in [1.54, 1.807) is 0 Å². The smallest absolute Gasteiger partial charge is 0.465 e. The van der Waals surface area contributed by atoms with Gasteiger partial charge in [0, 0.05) is 6.92 Å². The molecule has 2 nitrogen and oxygen atoms in total. The van der Waals surface area contributed by atoms with Crippen LogP contribution in [0.2, 0.25) is 0 Å². The molecule has 0 bridgehead atoms. The van der Waals surface area contributed by atoms with E-state index in [0.29, 0.717) is 6.42 Å². The first-order chi connectivity index (χ1) is 9.13. The average Bonchev–Trinajstić information content (AvgIpc) is 2.44. The number of ether oxygens (including phenoxy) is 1. The Morgan fingerprint density at radius 1 is 1.30 bits per heavy atom. The Kier molecular flexibility index (Phi) is 15.7. The Morgan fingerprint density at radius 3 is 2.25 bits per heavy atom. The van der Waals surface area contributed by atoms with E-state index >= 15 is 0 Å². The van der Waals surface area contributed by atoms with Gasteiger partial charge in [0.05, 0.1) is 6.10 Å². The Balaban J connectivity index is 0. The van der Waals surface area contributed by atoms with E-state index < -0.39 is 0 Å². The zero-order valence-electron chi connectivity index (χ0n) is 12.8. The predicted octanol–water partition coefficient (Wildman–Crippen LogP) is 4.39. The number of rotatable bonds is 6. The molecule has 0 aromatic heterocycles. The van der Waals surface area contributed by atoms with E-state index in [1.165, 1.54) is 12.5 Å². The van der Waals surface area contributed by atoms with Crippen LogP contribution in [0.4, 0.5) is 0 Å². The van der Waals surface area contributed by atoms with E-state index in [2.05, 4.69) is 50.6 Å². The van der Waals surface area contributed by atoms with Crippen LogP contribution in [0.15, 0.2) is 30.3 Å². The molecule has 0 aliphatic carbocycles. The largest absolute Gasteiger partial charge is 2.00 e. The molecule has 0 spiro atoms. The van der Waals surface area contributed by atoms with E-state index in [1.807, 2.05) is 6.92 Å². The second-order valence-electron chi connectivity index (χ2n) is 4.32. The van der Waals surface area contributed by atoms with E-state index in [0.717, 1.165) is 19.3 Å². The van der Waals surface area contributed by atoms with Crippen molar-refractivity contribution in [2.75, 3.05) is 0 Å². The summed E-state index contributed by atoms with van der Waals surface area (Å²) in [6, 6.07) is 10.5. The Bertz CT molecular complexity index is 321.